The minimum atomic E-state index is -0.548. The molecule has 5 aliphatic rings. The van der Waals surface area contributed by atoms with Gasteiger partial charge in [-0.05, 0) is 104 Å². The van der Waals surface area contributed by atoms with Gasteiger partial charge in [-0.1, -0.05) is 60.1 Å². The molecule has 0 bridgehead atoms. The molecule has 0 aromatic rings. The number of carbonyl (C=O) groups is 2. The number of allylic oxidation sites excluding steroid dienone is 1. The van der Waals surface area contributed by atoms with Crippen LogP contribution in [0.15, 0.2) is 11.6 Å². The normalized spacial score (nSPS) is 51.5. The lowest BCUT2D eigenvalue weighted by Crippen LogP contribution is -2.68. The van der Waals surface area contributed by atoms with Crippen molar-refractivity contribution in [3.05, 3.63) is 11.6 Å². The van der Waals surface area contributed by atoms with E-state index in [-0.39, 0.29) is 39.7 Å². The van der Waals surface area contributed by atoms with Crippen LogP contribution in [0.3, 0.4) is 0 Å². The zero-order valence-electron chi connectivity index (χ0n) is 24.1. The molecule has 0 aromatic heterocycles. The van der Waals surface area contributed by atoms with Crippen molar-refractivity contribution in [1.29, 1.82) is 0 Å². The Bertz CT molecular complexity index is 981. The number of esters is 1. The number of carbonyl (C=O) groups excluding carboxylic acids is 1. The van der Waals surface area contributed by atoms with Gasteiger partial charge < -0.3 is 9.84 Å². The second-order valence-corrected chi connectivity index (χ2v) is 15.1. The van der Waals surface area contributed by atoms with Crippen molar-refractivity contribution in [2.45, 2.75) is 119 Å². The summed E-state index contributed by atoms with van der Waals surface area (Å²) in [5.74, 6) is 1.66. The van der Waals surface area contributed by atoms with Crippen molar-refractivity contribution in [3.63, 3.8) is 0 Å². The molecule has 0 heterocycles. The molecule has 0 aliphatic heterocycles. The molecule has 10 unspecified atom stereocenters. The topological polar surface area (TPSA) is 63.6 Å². The summed E-state index contributed by atoms with van der Waals surface area (Å²) in [7, 11) is 0. The first-order chi connectivity index (χ1) is 16.6. The third kappa shape index (κ3) is 3.17. The van der Waals surface area contributed by atoms with Crippen LogP contribution in [-0.4, -0.2) is 23.1 Å². The summed E-state index contributed by atoms with van der Waals surface area (Å²) in [6, 6.07) is 0. The maximum absolute atomic E-state index is 13.0. The highest BCUT2D eigenvalue weighted by Crippen LogP contribution is 2.77. The molecular formula is C32H50O4. The fourth-order valence-electron chi connectivity index (χ4n) is 11.3. The third-order valence-electron chi connectivity index (χ3n) is 13.6. The Morgan fingerprint density at radius 2 is 1.58 bits per heavy atom. The standard InChI is InChI=1S/C32H50O4/c1-19-13-14-32(27(34)35)18-17-30(7)24-11-9-22-23(10-12-25(28(22,4)5)36-21(3)33)29(24,6)15-16-31(30,8)26(32)20(19)2/h9,19-20,23-26H,10-18H2,1-8H3,(H,34,35). The second-order valence-electron chi connectivity index (χ2n) is 15.1. The zero-order valence-corrected chi connectivity index (χ0v) is 24.1. The molecule has 0 saturated heterocycles. The fraction of sp³-hybridized carbons (Fsp3) is 0.875. The Labute approximate surface area is 219 Å². The van der Waals surface area contributed by atoms with Crippen LogP contribution in [0.25, 0.3) is 0 Å². The van der Waals surface area contributed by atoms with Crippen LogP contribution in [0, 0.1) is 56.7 Å². The highest BCUT2D eigenvalue weighted by molar-refractivity contribution is 5.76. The SMILES string of the molecule is CC(=O)OC1CCC2C(=CCC3C2(C)CCC2(C)C4C(C)C(C)CCC4(C(=O)O)CCC32C)C1(C)C. The summed E-state index contributed by atoms with van der Waals surface area (Å²) in [6.07, 6.45) is 11.7. The van der Waals surface area contributed by atoms with Crippen LogP contribution in [0.4, 0.5) is 0 Å². The van der Waals surface area contributed by atoms with E-state index in [2.05, 4.69) is 54.5 Å². The Kier molecular flexibility index (Phi) is 5.91. The van der Waals surface area contributed by atoms with Crippen molar-refractivity contribution in [3.8, 4) is 0 Å². The van der Waals surface area contributed by atoms with Gasteiger partial charge in [0.25, 0.3) is 0 Å². The predicted molar refractivity (Wildman–Crippen MR) is 142 cm³/mol. The average molecular weight is 499 g/mol. The Morgan fingerprint density at radius 1 is 0.917 bits per heavy atom. The Balaban J connectivity index is 1.56. The molecule has 4 saturated carbocycles. The van der Waals surface area contributed by atoms with Crippen molar-refractivity contribution in [2.24, 2.45) is 56.7 Å². The fourth-order valence-corrected chi connectivity index (χ4v) is 11.3. The van der Waals surface area contributed by atoms with Gasteiger partial charge in [0.05, 0.1) is 5.41 Å². The molecule has 0 spiro atoms. The van der Waals surface area contributed by atoms with Crippen molar-refractivity contribution >= 4 is 11.9 Å². The van der Waals surface area contributed by atoms with Gasteiger partial charge in [-0.2, -0.15) is 0 Å². The summed E-state index contributed by atoms with van der Waals surface area (Å²) in [4.78, 5) is 24.8. The van der Waals surface area contributed by atoms with E-state index >= 15 is 0 Å². The number of rotatable bonds is 2. The summed E-state index contributed by atoms with van der Waals surface area (Å²) < 4.78 is 5.83. The van der Waals surface area contributed by atoms with Gasteiger partial charge in [0, 0.05) is 12.3 Å². The van der Waals surface area contributed by atoms with E-state index in [9.17, 15) is 14.7 Å². The van der Waals surface area contributed by atoms with E-state index < -0.39 is 11.4 Å². The molecule has 5 aliphatic carbocycles. The smallest absolute Gasteiger partial charge is 0.309 e. The van der Waals surface area contributed by atoms with E-state index in [0.717, 1.165) is 51.4 Å². The average Bonchev–Trinajstić information content (AvgIpc) is 2.79. The van der Waals surface area contributed by atoms with Crippen LogP contribution in [0.2, 0.25) is 0 Å². The van der Waals surface area contributed by atoms with Gasteiger partial charge in [-0.3, -0.25) is 9.59 Å². The van der Waals surface area contributed by atoms with E-state index in [1.807, 2.05) is 0 Å². The molecule has 4 fully saturated rings. The van der Waals surface area contributed by atoms with Gasteiger partial charge in [-0.15, -0.1) is 0 Å². The Hall–Kier alpha value is -1.32. The van der Waals surface area contributed by atoms with Crippen LogP contribution < -0.4 is 0 Å². The summed E-state index contributed by atoms with van der Waals surface area (Å²) in [5, 5.41) is 10.7. The zero-order chi connectivity index (χ0) is 26.5. The highest BCUT2D eigenvalue weighted by Gasteiger charge is 2.72. The maximum atomic E-state index is 13.0. The predicted octanol–water partition coefficient (Wildman–Crippen LogP) is 7.66. The largest absolute Gasteiger partial charge is 0.481 e. The van der Waals surface area contributed by atoms with E-state index in [4.69, 9.17) is 4.74 Å². The summed E-state index contributed by atoms with van der Waals surface area (Å²) in [6.45, 7) is 18.4. The number of carboxylic acid groups (broad SMARTS) is 1. The van der Waals surface area contributed by atoms with Crippen LogP contribution in [-0.2, 0) is 14.3 Å². The molecule has 10 atom stereocenters. The monoisotopic (exact) mass is 498 g/mol. The van der Waals surface area contributed by atoms with Crippen LogP contribution in [0.5, 0.6) is 0 Å². The number of hydrogen-bond donors (Lipinski definition) is 1. The van der Waals surface area contributed by atoms with E-state index in [1.54, 1.807) is 0 Å². The Morgan fingerprint density at radius 3 is 2.22 bits per heavy atom. The van der Waals surface area contributed by atoms with Crippen LogP contribution >= 0.6 is 0 Å². The summed E-state index contributed by atoms with van der Waals surface area (Å²) in [5.41, 5.74) is 1.21. The highest BCUT2D eigenvalue weighted by atomic mass is 16.5. The van der Waals surface area contributed by atoms with Gasteiger partial charge in [0.2, 0.25) is 0 Å². The molecule has 202 valence electrons. The van der Waals surface area contributed by atoms with Gasteiger partial charge in [0.1, 0.15) is 6.10 Å². The summed E-state index contributed by atoms with van der Waals surface area (Å²) >= 11 is 0. The minimum Gasteiger partial charge on any atom is -0.481 e. The van der Waals surface area contributed by atoms with Crippen LogP contribution in [0.1, 0.15) is 113 Å². The molecule has 0 aromatic carbocycles. The van der Waals surface area contributed by atoms with E-state index in [0.29, 0.717) is 23.7 Å². The first-order valence-electron chi connectivity index (χ1n) is 14.8. The number of carboxylic acids is 1. The van der Waals surface area contributed by atoms with Crippen molar-refractivity contribution < 1.29 is 19.4 Å². The van der Waals surface area contributed by atoms with Gasteiger partial charge in [-0.25, -0.2) is 0 Å². The first-order valence-corrected chi connectivity index (χ1v) is 14.8. The molecule has 36 heavy (non-hydrogen) atoms. The van der Waals surface area contributed by atoms with Crippen molar-refractivity contribution in [1.82, 2.24) is 0 Å². The lowest BCUT2D eigenvalue weighted by atomic mass is 9.31. The molecule has 4 nitrogen and oxygen atoms in total. The molecule has 4 heteroatoms. The molecule has 0 amide bonds. The van der Waals surface area contributed by atoms with Gasteiger partial charge in [0.15, 0.2) is 0 Å². The number of fused-ring (bicyclic) bond motifs is 7. The quantitative estimate of drug-likeness (QED) is 0.313. The van der Waals surface area contributed by atoms with Gasteiger partial charge >= 0.3 is 11.9 Å². The lowest BCUT2D eigenvalue weighted by Gasteiger charge is -2.73. The molecule has 0 radical (unpaired) electrons. The minimum absolute atomic E-state index is 0.0394. The maximum Gasteiger partial charge on any atom is 0.309 e. The first kappa shape index (κ1) is 26.3. The third-order valence-corrected chi connectivity index (χ3v) is 13.6. The molecular weight excluding hydrogens is 448 g/mol. The molecule has 1 N–H and O–H groups in total. The van der Waals surface area contributed by atoms with E-state index in [1.165, 1.54) is 18.9 Å². The number of aliphatic carboxylic acids is 1. The lowest BCUT2D eigenvalue weighted by molar-refractivity contribution is -0.244. The number of hydrogen-bond acceptors (Lipinski definition) is 3. The molecule has 5 rings (SSSR count). The number of ether oxygens (including phenoxy) is 1. The van der Waals surface area contributed by atoms with Crippen molar-refractivity contribution in [2.75, 3.05) is 0 Å². The second kappa shape index (κ2) is 8.09.